The lowest BCUT2D eigenvalue weighted by molar-refractivity contribution is -0.141. The van der Waals surface area contributed by atoms with Crippen molar-refractivity contribution in [1.29, 1.82) is 0 Å². The molecule has 0 aliphatic carbocycles. The first-order valence-corrected chi connectivity index (χ1v) is 7.34. The number of halogens is 3. The minimum absolute atomic E-state index is 0.0801. The van der Waals surface area contributed by atoms with Crippen LogP contribution in [0.3, 0.4) is 0 Å². The number of allylic oxidation sites excluding steroid dienone is 1. The van der Waals surface area contributed by atoms with Crippen molar-refractivity contribution in [2.45, 2.75) is 12.1 Å². The molecular formula is C18H13F3N2O2. The van der Waals surface area contributed by atoms with Gasteiger partial charge in [0.05, 0.1) is 18.7 Å². The van der Waals surface area contributed by atoms with Crippen LogP contribution in [0.4, 0.5) is 13.2 Å². The van der Waals surface area contributed by atoms with Crippen LogP contribution in [-0.4, -0.2) is 23.0 Å². The van der Waals surface area contributed by atoms with Crippen LogP contribution in [0.2, 0.25) is 0 Å². The summed E-state index contributed by atoms with van der Waals surface area (Å²) in [6, 6.07) is 9.44. The number of ether oxygens (including phenoxy) is 1. The van der Waals surface area contributed by atoms with Gasteiger partial charge < -0.3 is 9.72 Å². The summed E-state index contributed by atoms with van der Waals surface area (Å²) in [4.78, 5) is 17.5. The molecule has 1 aromatic carbocycles. The molecule has 2 heterocycles. The number of fused-ring (bicyclic) bond motifs is 1. The molecule has 2 aromatic heterocycles. The van der Waals surface area contributed by atoms with Gasteiger partial charge in [0.25, 0.3) is 0 Å². The van der Waals surface area contributed by atoms with E-state index in [2.05, 4.69) is 9.97 Å². The first-order chi connectivity index (χ1) is 12.0. The summed E-state index contributed by atoms with van der Waals surface area (Å²) in [6.07, 6.45) is -2.12. The Bertz CT molecular complexity index is 942. The molecule has 3 rings (SSSR count). The Morgan fingerprint density at radius 2 is 2.08 bits per heavy atom. The smallest absolute Gasteiger partial charge is 0.431 e. The van der Waals surface area contributed by atoms with Crippen molar-refractivity contribution in [3.05, 3.63) is 65.6 Å². The van der Waals surface area contributed by atoms with Crippen molar-refractivity contribution in [1.82, 2.24) is 9.97 Å². The van der Waals surface area contributed by atoms with E-state index in [-0.39, 0.29) is 5.56 Å². The molecule has 1 N–H and O–H groups in total. The Kier molecular flexibility index (Phi) is 4.33. The largest absolute Gasteiger partial charge is 0.497 e. The molecule has 0 bridgehead atoms. The Morgan fingerprint density at radius 1 is 1.28 bits per heavy atom. The zero-order valence-electron chi connectivity index (χ0n) is 13.1. The molecule has 7 heteroatoms. The first-order valence-electron chi connectivity index (χ1n) is 7.34. The summed E-state index contributed by atoms with van der Waals surface area (Å²) in [6.45, 7) is 0. The van der Waals surface area contributed by atoms with Crippen molar-refractivity contribution >= 4 is 16.8 Å². The van der Waals surface area contributed by atoms with E-state index in [0.29, 0.717) is 22.3 Å². The summed E-state index contributed by atoms with van der Waals surface area (Å²) in [7, 11) is 1.43. The van der Waals surface area contributed by atoms with Crippen molar-refractivity contribution in [3.63, 3.8) is 0 Å². The predicted octanol–water partition coefficient (Wildman–Crippen LogP) is 4.11. The number of H-pyrrole nitrogens is 1. The SMILES string of the molecule is COc1ccc2[nH]c(C(F)(F)F)c(C(C=C=O)c3ccccn3)c2c1. The van der Waals surface area contributed by atoms with Gasteiger partial charge in [-0.3, -0.25) is 4.98 Å². The zero-order chi connectivity index (χ0) is 18.0. The Morgan fingerprint density at radius 3 is 2.68 bits per heavy atom. The molecule has 0 amide bonds. The second kappa shape index (κ2) is 6.45. The Hall–Kier alpha value is -3.05. The average molecular weight is 346 g/mol. The third-order valence-corrected chi connectivity index (χ3v) is 3.88. The number of nitrogens with zero attached hydrogens (tertiary/aromatic N) is 1. The molecule has 0 saturated carbocycles. The maximum absolute atomic E-state index is 13.6. The van der Waals surface area contributed by atoms with Crippen LogP contribution in [0.25, 0.3) is 10.9 Å². The number of aromatic nitrogens is 2. The molecule has 128 valence electrons. The van der Waals surface area contributed by atoms with Crippen LogP contribution in [0, 0.1) is 0 Å². The number of pyridine rings is 1. The van der Waals surface area contributed by atoms with E-state index in [1.54, 1.807) is 30.2 Å². The summed E-state index contributed by atoms with van der Waals surface area (Å²) < 4.78 is 45.9. The van der Waals surface area contributed by atoms with Crippen molar-refractivity contribution < 1.29 is 22.7 Å². The van der Waals surface area contributed by atoms with Crippen LogP contribution < -0.4 is 4.74 Å². The molecule has 4 nitrogen and oxygen atoms in total. The second-order valence-electron chi connectivity index (χ2n) is 5.34. The number of aromatic amines is 1. The number of carbonyl (C=O) groups excluding carboxylic acids is 1. The highest BCUT2D eigenvalue weighted by molar-refractivity contribution is 5.88. The monoisotopic (exact) mass is 346 g/mol. The molecule has 25 heavy (non-hydrogen) atoms. The van der Waals surface area contributed by atoms with E-state index in [1.807, 2.05) is 0 Å². The topological polar surface area (TPSA) is 55.0 Å². The van der Waals surface area contributed by atoms with Gasteiger partial charge in [0, 0.05) is 28.7 Å². The van der Waals surface area contributed by atoms with Gasteiger partial charge in [0.2, 0.25) is 0 Å². The number of hydrogen-bond acceptors (Lipinski definition) is 3. The molecule has 0 radical (unpaired) electrons. The lowest BCUT2D eigenvalue weighted by Crippen LogP contribution is -2.12. The minimum Gasteiger partial charge on any atom is -0.497 e. The zero-order valence-corrected chi connectivity index (χ0v) is 13.1. The number of benzene rings is 1. The summed E-state index contributed by atoms with van der Waals surface area (Å²) in [5, 5.41) is 0.314. The van der Waals surface area contributed by atoms with Crippen molar-refractivity contribution in [2.24, 2.45) is 0 Å². The number of alkyl halides is 3. The fraction of sp³-hybridized carbons (Fsp3) is 0.167. The molecule has 0 aliphatic rings. The van der Waals surface area contributed by atoms with E-state index < -0.39 is 17.8 Å². The van der Waals surface area contributed by atoms with Crippen molar-refractivity contribution in [2.75, 3.05) is 7.11 Å². The average Bonchev–Trinajstić information content (AvgIpc) is 2.99. The second-order valence-corrected chi connectivity index (χ2v) is 5.34. The van der Waals surface area contributed by atoms with Gasteiger partial charge in [-0.2, -0.15) is 13.2 Å². The third-order valence-electron chi connectivity index (χ3n) is 3.88. The van der Waals surface area contributed by atoms with Gasteiger partial charge in [0.1, 0.15) is 17.4 Å². The van der Waals surface area contributed by atoms with Crippen LogP contribution in [0.15, 0.2) is 48.7 Å². The van der Waals surface area contributed by atoms with E-state index in [0.717, 1.165) is 6.08 Å². The molecule has 0 aliphatic heterocycles. The van der Waals surface area contributed by atoms with Crippen LogP contribution in [0.1, 0.15) is 22.9 Å². The van der Waals surface area contributed by atoms with E-state index in [1.165, 1.54) is 25.4 Å². The van der Waals surface area contributed by atoms with Gasteiger partial charge in [0.15, 0.2) is 0 Å². The molecule has 1 atom stereocenters. The molecule has 0 fully saturated rings. The first kappa shape index (κ1) is 16.8. The lowest BCUT2D eigenvalue weighted by atomic mass is 9.92. The quantitative estimate of drug-likeness (QED) is 0.724. The highest BCUT2D eigenvalue weighted by atomic mass is 19.4. The van der Waals surface area contributed by atoms with E-state index >= 15 is 0 Å². The van der Waals surface area contributed by atoms with Crippen molar-refractivity contribution in [3.8, 4) is 5.75 Å². The van der Waals surface area contributed by atoms with Gasteiger partial charge in [-0.15, -0.1) is 0 Å². The maximum atomic E-state index is 13.6. The lowest BCUT2D eigenvalue weighted by Gasteiger charge is -2.15. The summed E-state index contributed by atoms with van der Waals surface area (Å²) >= 11 is 0. The highest BCUT2D eigenvalue weighted by Crippen LogP contribution is 2.42. The number of rotatable bonds is 4. The van der Waals surface area contributed by atoms with Gasteiger partial charge in [-0.05, 0) is 30.3 Å². The van der Waals surface area contributed by atoms with Gasteiger partial charge in [-0.1, -0.05) is 6.07 Å². The minimum atomic E-state index is -4.62. The number of methoxy groups -OCH3 is 1. The van der Waals surface area contributed by atoms with Gasteiger partial charge in [-0.25, -0.2) is 4.79 Å². The summed E-state index contributed by atoms with van der Waals surface area (Å²) in [5.74, 6) is 1.02. The number of hydrogen-bond donors (Lipinski definition) is 1. The fourth-order valence-corrected chi connectivity index (χ4v) is 2.81. The van der Waals surface area contributed by atoms with Crippen LogP contribution in [0.5, 0.6) is 5.75 Å². The van der Waals surface area contributed by atoms with Crippen LogP contribution in [-0.2, 0) is 11.0 Å². The highest BCUT2D eigenvalue weighted by Gasteiger charge is 2.39. The Balaban J connectivity index is 2.35. The fourth-order valence-electron chi connectivity index (χ4n) is 2.81. The summed E-state index contributed by atoms with van der Waals surface area (Å²) in [5.41, 5.74) is -0.384. The molecular weight excluding hydrogens is 333 g/mol. The molecule has 1 unspecified atom stereocenters. The van der Waals surface area contributed by atoms with E-state index in [4.69, 9.17) is 4.74 Å². The molecule has 0 spiro atoms. The molecule has 3 aromatic rings. The van der Waals surface area contributed by atoms with Crippen LogP contribution >= 0.6 is 0 Å². The Labute approximate surface area is 141 Å². The normalized spacial score (nSPS) is 12.6. The van der Waals surface area contributed by atoms with E-state index in [9.17, 15) is 18.0 Å². The third kappa shape index (κ3) is 3.14. The standard InChI is InChI=1S/C18H13F3N2O2/c1-25-11-5-6-15-13(10-11)16(17(23-15)18(19,20)21)12(7-9-24)14-4-2-3-8-22-14/h2-8,10,12,23H,1H3. The maximum Gasteiger partial charge on any atom is 0.431 e. The molecule has 0 saturated heterocycles. The number of nitrogens with one attached hydrogen (secondary N) is 1. The van der Waals surface area contributed by atoms with Gasteiger partial charge >= 0.3 is 6.18 Å². The predicted molar refractivity (Wildman–Crippen MR) is 86.2 cm³/mol.